The van der Waals surface area contributed by atoms with E-state index in [-0.39, 0.29) is 0 Å². The average Bonchev–Trinajstić information content (AvgIpc) is 2.03. The molecular weight excluding hydrogens is 134 g/mol. The molecule has 0 aliphatic heterocycles. The first-order valence-corrected chi connectivity index (χ1v) is 4.07. The van der Waals surface area contributed by atoms with Gasteiger partial charge in [-0.3, -0.25) is 0 Å². The Kier molecular flexibility index (Phi) is 6.42. The molecule has 0 unspecified atom stereocenters. The first kappa shape index (κ1) is 9.97. The maximum atomic E-state index is 8.23. The average molecular weight is 149 g/mol. The molecule has 0 N–H and O–H groups in total. The van der Waals surface area contributed by atoms with Crippen molar-refractivity contribution < 1.29 is 0 Å². The lowest BCUT2D eigenvalue weighted by Crippen LogP contribution is -1.77. The molecule has 0 aliphatic carbocycles. The molecule has 0 rings (SSSR count). The van der Waals surface area contributed by atoms with Gasteiger partial charge in [0, 0.05) is 6.08 Å². The van der Waals surface area contributed by atoms with Crippen LogP contribution in [0.4, 0.5) is 0 Å². The molecule has 0 aromatic carbocycles. The summed E-state index contributed by atoms with van der Waals surface area (Å²) in [4.78, 5) is 0. The summed E-state index contributed by atoms with van der Waals surface area (Å²) in [5.74, 6) is 0. The third-order valence-corrected chi connectivity index (χ3v) is 1.52. The molecule has 0 spiro atoms. The van der Waals surface area contributed by atoms with E-state index in [1.165, 1.54) is 5.57 Å². The van der Waals surface area contributed by atoms with E-state index < -0.39 is 0 Å². The molecule has 0 aromatic rings. The van der Waals surface area contributed by atoms with Crippen molar-refractivity contribution in [1.82, 2.24) is 0 Å². The van der Waals surface area contributed by atoms with Crippen molar-refractivity contribution in [3.63, 3.8) is 0 Å². The Balaban J connectivity index is 3.81. The van der Waals surface area contributed by atoms with E-state index in [9.17, 15) is 0 Å². The molecule has 1 nitrogen and oxygen atoms in total. The zero-order valence-electron chi connectivity index (χ0n) is 7.30. The number of hydrogen-bond donors (Lipinski definition) is 0. The van der Waals surface area contributed by atoms with Gasteiger partial charge in [0.2, 0.25) is 0 Å². The molecule has 0 heterocycles. The van der Waals surface area contributed by atoms with Gasteiger partial charge in [-0.05, 0) is 19.3 Å². The molecule has 0 atom stereocenters. The van der Waals surface area contributed by atoms with Crippen molar-refractivity contribution in [3.8, 4) is 6.07 Å². The van der Waals surface area contributed by atoms with Gasteiger partial charge in [-0.25, -0.2) is 0 Å². The van der Waals surface area contributed by atoms with Gasteiger partial charge < -0.3 is 0 Å². The predicted molar refractivity (Wildman–Crippen MR) is 48.0 cm³/mol. The van der Waals surface area contributed by atoms with Crippen LogP contribution in [0.25, 0.3) is 0 Å². The third-order valence-electron chi connectivity index (χ3n) is 1.52. The Hall–Kier alpha value is -1.03. The molecule has 0 aliphatic rings. The van der Waals surface area contributed by atoms with Crippen LogP contribution in [0, 0.1) is 11.3 Å². The smallest absolute Gasteiger partial charge is 0.0908 e. The minimum Gasteiger partial charge on any atom is -0.193 e. The molecule has 0 fully saturated rings. The second kappa shape index (κ2) is 7.08. The molecule has 0 saturated heterocycles. The van der Waals surface area contributed by atoms with Crippen LogP contribution < -0.4 is 0 Å². The minimum absolute atomic E-state index is 0.928. The molecule has 1 heteroatoms. The van der Waals surface area contributed by atoms with E-state index in [0.717, 1.165) is 19.3 Å². The maximum absolute atomic E-state index is 8.23. The van der Waals surface area contributed by atoms with Gasteiger partial charge >= 0.3 is 0 Å². The highest BCUT2D eigenvalue weighted by Gasteiger charge is 1.87. The molecule has 60 valence electrons. The van der Waals surface area contributed by atoms with Crippen LogP contribution in [0.5, 0.6) is 0 Å². The van der Waals surface area contributed by atoms with E-state index in [2.05, 4.69) is 19.9 Å². The summed E-state index contributed by atoms with van der Waals surface area (Å²) in [5, 5.41) is 8.23. The van der Waals surface area contributed by atoms with Crippen LogP contribution in [0.2, 0.25) is 0 Å². The van der Waals surface area contributed by atoms with Crippen molar-refractivity contribution >= 4 is 0 Å². The van der Waals surface area contributed by atoms with E-state index in [4.69, 9.17) is 5.26 Å². The fourth-order valence-electron chi connectivity index (χ4n) is 0.924. The van der Waals surface area contributed by atoms with Crippen molar-refractivity contribution in [1.29, 1.82) is 5.26 Å². The molecule has 0 aromatic heterocycles. The van der Waals surface area contributed by atoms with Crippen LogP contribution in [0.1, 0.15) is 33.1 Å². The first-order valence-electron chi connectivity index (χ1n) is 4.07. The third kappa shape index (κ3) is 5.42. The van der Waals surface area contributed by atoms with E-state index in [1.807, 2.05) is 12.1 Å². The number of hydrogen-bond acceptors (Lipinski definition) is 1. The largest absolute Gasteiger partial charge is 0.193 e. The van der Waals surface area contributed by atoms with E-state index in [0.29, 0.717) is 0 Å². The fraction of sp³-hybridized carbons (Fsp3) is 0.500. The summed E-state index contributed by atoms with van der Waals surface area (Å²) in [5.41, 5.74) is 1.42. The van der Waals surface area contributed by atoms with Crippen molar-refractivity contribution in [2.75, 3.05) is 0 Å². The normalized spacial score (nSPS) is 11.9. The molecule has 0 radical (unpaired) electrons. The quantitative estimate of drug-likeness (QED) is 0.445. The van der Waals surface area contributed by atoms with Crippen LogP contribution >= 0.6 is 0 Å². The standard InChI is InChI=1S/C10H15N/c1-3-7-10(4-2)8-5-6-9-11/h5-7H,3-4,8H2,1-2H3/b6-5+,10-7+. The van der Waals surface area contributed by atoms with Crippen LogP contribution in [0.3, 0.4) is 0 Å². The Labute approximate surface area is 69.0 Å². The summed E-state index contributed by atoms with van der Waals surface area (Å²) >= 11 is 0. The highest BCUT2D eigenvalue weighted by atomic mass is 14.2. The van der Waals surface area contributed by atoms with Crippen LogP contribution in [-0.4, -0.2) is 0 Å². The highest BCUT2D eigenvalue weighted by molar-refractivity contribution is 5.11. The van der Waals surface area contributed by atoms with Gasteiger partial charge in [0.15, 0.2) is 0 Å². The monoisotopic (exact) mass is 149 g/mol. The SMILES string of the molecule is CC/C=C(\CC)C/C=C/C#N. The van der Waals surface area contributed by atoms with E-state index >= 15 is 0 Å². The second-order valence-corrected chi connectivity index (χ2v) is 2.36. The topological polar surface area (TPSA) is 23.8 Å². The summed E-state index contributed by atoms with van der Waals surface area (Å²) in [7, 11) is 0. The minimum atomic E-state index is 0.928. The first-order chi connectivity index (χ1) is 5.35. The zero-order valence-corrected chi connectivity index (χ0v) is 7.30. The molecule has 0 saturated carbocycles. The summed E-state index contributed by atoms with van der Waals surface area (Å²) in [6.45, 7) is 4.27. The number of nitriles is 1. The Morgan fingerprint density at radius 2 is 2.18 bits per heavy atom. The Bertz CT molecular complexity index is 182. The van der Waals surface area contributed by atoms with Crippen molar-refractivity contribution in [2.24, 2.45) is 0 Å². The second-order valence-electron chi connectivity index (χ2n) is 2.36. The van der Waals surface area contributed by atoms with Gasteiger partial charge in [-0.2, -0.15) is 5.26 Å². The number of rotatable bonds is 4. The van der Waals surface area contributed by atoms with Crippen LogP contribution in [0.15, 0.2) is 23.8 Å². The molecular formula is C10H15N. The van der Waals surface area contributed by atoms with Gasteiger partial charge in [0.25, 0.3) is 0 Å². The van der Waals surface area contributed by atoms with Crippen molar-refractivity contribution in [2.45, 2.75) is 33.1 Å². The van der Waals surface area contributed by atoms with Gasteiger partial charge in [-0.1, -0.05) is 31.6 Å². The highest BCUT2D eigenvalue weighted by Crippen LogP contribution is 2.07. The van der Waals surface area contributed by atoms with Gasteiger partial charge in [0.05, 0.1) is 6.07 Å². The van der Waals surface area contributed by atoms with Crippen LogP contribution in [-0.2, 0) is 0 Å². The lowest BCUT2D eigenvalue weighted by Gasteiger charge is -1.97. The Morgan fingerprint density at radius 3 is 2.64 bits per heavy atom. The zero-order chi connectivity index (χ0) is 8.53. The van der Waals surface area contributed by atoms with E-state index in [1.54, 1.807) is 6.08 Å². The summed E-state index contributed by atoms with van der Waals surface area (Å²) in [6.07, 6.45) is 8.77. The fourth-order valence-corrected chi connectivity index (χ4v) is 0.924. The maximum Gasteiger partial charge on any atom is 0.0908 e. The summed E-state index contributed by atoms with van der Waals surface area (Å²) < 4.78 is 0. The van der Waals surface area contributed by atoms with Gasteiger partial charge in [0.1, 0.15) is 0 Å². The lowest BCUT2D eigenvalue weighted by atomic mass is 10.1. The molecule has 0 bridgehead atoms. The number of nitrogens with zero attached hydrogens (tertiary/aromatic N) is 1. The number of allylic oxidation sites excluding steroid dienone is 4. The Morgan fingerprint density at radius 1 is 1.45 bits per heavy atom. The predicted octanol–water partition coefficient (Wildman–Crippen LogP) is 3.20. The lowest BCUT2D eigenvalue weighted by molar-refractivity contribution is 1.00. The van der Waals surface area contributed by atoms with Crippen molar-refractivity contribution in [3.05, 3.63) is 23.8 Å². The van der Waals surface area contributed by atoms with Gasteiger partial charge in [-0.15, -0.1) is 0 Å². The molecule has 11 heavy (non-hydrogen) atoms. The summed E-state index contributed by atoms with van der Waals surface area (Å²) in [6, 6.07) is 1.98. The molecule has 0 amide bonds.